The minimum atomic E-state index is -0.843. The highest BCUT2D eigenvalue weighted by Gasteiger charge is 2.42. The number of fused-ring (bicyclic) bond motifs is 1. The van der Waals surface area contributed by atoms with E-state index < -0.39 is 5.54 Å². The van der Waals surface area contributed by atoms with Gasteiger partial charge in [0.2, 0.25) is 0 Å². The highest BCUT2D eigenvalue weighted by atomic mass is 15.6. The van der Waals surface area contributed by atoms with Gasteiger partial charge in [-0.15, -0.1) is 5.10 Å². The molecule has 0 aliphatic carbocycles. The molecule has 0 atom stereocenters. The van der Waals surface area contributed by atoms with Gasteiger partial charge in [-0.2, -0.15) is 0 Å². The van der Waals surface area contributed by atoms with Gasteiger partial charge >= 0.3 is 0 Å². The van der Waals surface area contributed by atoms with Crippen LogP contribution >= 0.6 is 0 Å². The first kappa shape index (κ1) is 34.6. The zero-order valence-corrected chi connectivity index (χ0v) is 30.8. The van der Waals surface area contributed by atoms with Gasteiger partial charge in [-0.05, 0) is 69.3 Å². The molecule has 0 amide bonds. The van der Waals surface area contributed by atoms with Gasteiger partial charge in [-0.25, -0.2) is 14.6 Å². The summed E-state index contributed by atoms with van der Waals surface area (Å²) < 4.78 is 2.00. The number of rotatable bonds is 13. The second-order valence-electron chi connectivity index (χ2n) is 13.8. The molecule has 0 aliphatic heterocycles. The first-order valence-corrected chi connectivity index (χ1v) is 18.8. The van der Waals surface area contributed by atoms with Crippen molar-refractivity contribution in [2.24, 2.45) is 0 Å². The van der Waals surface area contributed by atoms with E-state index in [1.165, 1.54) is 17.5 Å². The van der Waals surface area contributed by atoms with E-state index in [1.54, 1.807) is 6.33 Å². The number of aryl methyl sites for hydroxylation is 1. The third-order valence-corrected chi connectivity index (χ3v) is 10.3. The van der Waals surface area contributed by atoms with Gasteiger partial charge in [0, 0.05) is 24.0 Å². The van der Waals surface area contributed by atoms with Crippen LogP contribution in [0.5, 0.6) is 0 Å². The molecule has 0 bridgehead atoms. The van der Waals surface area contributed by atoms with Crippen molar-refractivity contribution < 1.29 is 0 Å². The van der Waals surface area contributed by atoms with Crippen molar-refractivity contribution in [3.63, 3.8) is 0 Å². The van der Waals surface area contributed by atoms with Crippen molar-refractivity contribution >= 4 is 16.7 Å². The summed E-state index contributed by atoms with van der Waals surface area (Å²) in [7, 11) is 0. The van der Waals surface area contributed by atoms with Crippen LogP contribution in [-0.4, -0.2) is 36.7 Å². The van der Waals surface area contributed by atoms with Gasteiger partial charge in [-0.3, -0.25) is 0 Å². The van der Waals surface area contributed by atoms with Crippen molar-refractivity contribution in [1.82, 2.24) is 30.2 Å². The van der Waals surface area contributed by atoms with Crippen LogP contribution in [0.25, 0.3) is 33.4 Å². The summed E-state index contributed by atoms with van der Waals surface area (Å²) in [5, 5.41) is 15.0. The molecule has 0 unspecified atom stereocenters. The van der Waals surface area contributed by atoms with E-state index in [4.69, 9.17) is 15.3 Å². The Balaban J connectivity index is 1.20. The van der Waals surface area contributed by atoms with E-state index in [2.05, 4.69) is 168 Å². The Kier molecular flexibility index (Phi) is 10.0. The number of hydrogen-bond donors (Lipinski definition) is 0. The smallest absolute Gasteiger partial charge is 0.184 e. The molecule has 0 radical (unpaired) electrons. The van der Waals surface area contributed by atoms with Crippen LogP contribution in [0.2, 0.25) is 0 Å². The number of unbranched alkanes of at least 4 members (excludes halogenated alkanes) is 2. The van der Waals surface area contributed by atoms with Crippen LogP contribution in [-0.2, 0) is 12.1 Å². The van der Waals surface area contributed by atoms with Crippen molar-refractivity contribution in [3.05, 3.63) is 192 Å². The third kappa shape index (κ3) is 6.65. The SMILES string of the molecule is CCCCCN(Cc1ccc(-c2ccccc2-c2nnnn2C(c2ccccc2)(c2ccccc2)c2ccccc2)cc1)c1ncnc2ccc(C)cc12. The lowest BCUT2D eigenvalue weighted by Gasteiger charge is -2.36. The quantitative estimate of drug-likeness (QED) is 0.0878. The summed E-state index contributed by atoms with van der Waals surface area (Å²) in [5.41, 5.74) is 8.83. The summed E-state index contributed by atoms with van der Waals surface area (Å²) in [4.78, 5) is 11.8. The zero-order chi connectivity index (χ0) is 36.7. The second kappa shape index (κ2) is 15.6. The molecular weight excluding hydrogens is 663 g/mol. The van der Waals surface area contributed by atoms with Gasteiger partial charge in [0.15, 0.2) is 5.82 Å². The normalized spacial score (nSPS) is 11.5. The fourth-order valence-corrected chi connectivity index (χ4v) is 7.65. The lowest BCUT2D eigenvalue weighted by molar-refractivity contribution is 0.451. The summed E-state index contributed by atoms with van der Waals surface area (Å²) in [6.07, 6.45) is 5.13. The van der Waals surface area contributed by atoms with Crippen LogP contribution in [0, 0.1) is 6.92 Å². The molecule has 0 aliphatic rings. The monoisotopic (exact) mass is 705 g/mol. The van der Waals surface area contributed by atoms with Crippen LogP contribution in [0.1, 0.15) is 54.0 Å². The maximum atomic E-state index is 4.82. The lowest BCUT2D eigenvalue weighted by atomic mass is 9.77. The Morgan fingerprint density at radius 1 is 0.630 bits per heavy atom. The summed E-state index contributed by atoms with van der Waals surface area (Å²) in [6.45, 7) is 6.04. The summed E-state index contributed by atoms with van der Waals surface area (Å²) in [5.74, 6) is 1.67. The molecule has 0 spiro atoms. The molecular formula is C47H43N7. The minimum absolute atomic E-state index is 0.680. The molecule has 7 nitrogen and oxygen atoms in total. The average Bonchev–Trinajstić information content (AvgIpc) is 3.72. The zero-order valence-electron chi connectivity index (χ0n) is 30.8. The first-order chi connectivity index (χ1) is 26.7. The molecule has 2 heterocycles. The highest BCUT2D eigenvalue weighted by Crippen LogP contribution is 2.43. The van der Waals surface area contributed by atoms with Gasteiger partial charge < -0.3 is 4.90 Å². The second-order valence-corrected chi connectivity index (χ2v) is 13.8. The largest absolute Gasteiger partial charge is 0.352 e. The lowest BCUT2D eigenvalue weighted by Crippen LogP contribution is -2.39. The molecule has 266 valence electrons. The van der Waals surface area contributed by atoms with Crippen LogP contribution in [0.4, 0.5) is 5.82 Å². The van der Waals surface area contributed by atoms with E-state index in [0.29, 0.717) is 5.82 Å². The minimum Gasteiger partial charge on any atom is -0.352 e. The predicted molar refractivity (Wildman–Crippen MR) is 218 cm³/mol. The Hall–Kier alpha value is -6.47. The Labute approximate surface area is 317 Å². The van der Waals surface area contributed by atoms with E-state index in [1.807, 2.05) is 22.9 Å². The Bertz CT molecular complexity index is 2350. The van der Waals surface area contributed by atoms with E-state index in [-0.39, 0.29) is 0 Å². The molecule has 7 heteroatoms. The molecule has 0 saturated heterocycles. The molecule has 0 saturated carbocycles. The number of tetrazole rings is 1. The van der Waals surface area contributed by atoms with E-state index in [9.17, 15) is 0 Å². The van der Waals surface area contributed by atoms with Crippen molar-refractivity contribution in [3.8, 4) is 22.5 Å². The maximum Gasteiger partial charge on any atom is 0.184 e. The van der Waals surface area contributed by atoms with Gasteiger partial charge in [-0.1, -0.05) is 171 Å². The van der Waals surface area contributed by atoms with E-state index in [0.717, 1.165) is 76.0 Å². The molecule has 6 aromatic carbocycles. The summed E-state index contributed by atoms with van der Waals surface area (Å²) >= 11 is 0. The fraction of sp³-hybridized carbons (Fsp3) is 0.170. The highest BCUT2D eigenvalue weighted by molar-refractivity contribution is 5.90. The van der Waals surface area contributed by atoms with E-state index >= 15 is 0 Å². The number of nitrogens with zero attached hydrogens (tertiary/aromatic N) is 7. The molecule has 0 fully saturated rings. The molecule has 0 N–H and O–H groups in total. The molecule has 8 aromatic rings. The number of hydrogen-bond acceptors (Lipinski definition) is 6. The first-order valence-electron chi connectivity index (χ1n) is 18.8. The molecule has 2 aromatic heterocycles. The molecule has 54 heavy (non-hydrogen) atoms. The van der Waals surface area contributed by atoms with Crippen LogP contribution in [0.15, 0.2) is 164 Å². The Morgan fingerprint density at radius 2 is 1.24 bits per heavy atom. The average molecular weight is 706 g/mol. The molecule has 8 rings (SSSR count). The Morgan fingerprint density at radius 3 is 1.87 bits per heavy atom. The maximum absolute atomic E-state index is 4.82. The van der Waals surface area contributed by atoms with Crippen LogP contribution < -0.4 is 4.90 Å². The van der Waals surface area contributed by atoms with Gasteiger partial charge in [0.05, 0.1) is 5.52 Å². The van der Waals surface area contributed by atoms with Crippen LogP contribution in [0.3, 0.4) is 0 Å². The number of anilines is 1. The predicted octanol–water partition coefficient (Wildman–Crippen LogP) is 10.3. The van der Waals surface area contributed by atoms with Crippen molar-refractivity contribution in [1.29, 1.82) is 0 Å². The summed E-state index contributed by atoms with van der Waals surface area (Å²) in [6, 6.07) is 55.3. The van der Waals surface area contributed by atoms with Crippen molar-refractivity contribution in [2.75, 3.05) is 11.4 Å². The third-order valence-electron chi connectivity index (χ3n) is 10.3. The number of aromatic nitrogens is 6. The van der Waals surface area contributed by atoms with Gasteiger partial charge in [0.25, 0.3) is 0 Å². The standard InChI is InChI=1S/C47H43N7/c1-3-4-16-31-53(45-43-32-35(2)25-30-44(43)48-34-49-45)33-36-26-28-37(29-27-36)41-23-14-15-24-42(41)46-50-51-52-54(46)47(38-17-8-5-9-18-38,39-19-10-6-11-20-39)40-21-12-7-13-22-40/h5-15,17-30,32,34H,3-4,16,31,33H2,1-2H3. The van der Waals surface area contributed by atoms with Gasteiger partial charge in [0.1, 0.15) is 17.7 Å². The number of benzene rings is 6. The topological polar surface area (TPSA) is 72.6 Å². The van der Waals surface area contributed by atoms with Crippen molar-refractivity contribution in [2.45, 2.75) is 45.2 Å². The fourth-order valence-electron chi connectivity index (χ4n) is 7.65.